The Balaban J connectivity index is 2.18. The molecule has 0 aliphatic carbocycles. The number of amides is 1. The summed E-state index contributed by atoms with van der Waals surface area (Å²) in [6.45, 7) is 0. The van der Waals surface area contributed by atoms with Gasteiger partial charge in [0.25, 0.3) is 5.91 Å². The van der Waals surface area contributed by atoms with Gasteiger partial charge in [0.2, 0.25) is 17.7 Å². The lowest BCUT2D eigenvalue weighted by molar-refractivity contribution is 0.102. The van der Waals surface area contributed by atoms with Crippen LogP contribution in [0.1, 0.15) is 10.4 Å². The zero-order valence-electron chi connectivity index (χ0n) is 11.5. The van der Waals surface area contributed by atoms with Crippen molar-refractivity contribution in [3.8, 4) is 11.8 Å². The number of anilines is 2. The van der Waals surface area contributed by atoms with E-state index in [1.54, 1.807) is 12.1 Å². The molecule has 0 aliphatic rings. The third kappa shape index (κ3) is 3.54. The largest absolute Gasteiger partial charge is 0.481 e. The van der Waals surface area contributed by atoms with E-state index in [2.05, 4.69) is 25.7 Å². The first-order valence-electron chi connectivity index (χ1n) is 5.87. The van der Waals surface area contributed by atoms with Gasteiger partial charge >= 0.3 is 0 Å². The van der Waals surface area contributed by atoms with Gasteiger partial charge in [-0.1, -0.05) is 0 Å². The van der Waals surface area contributed by atoms with Crippen LogP contribution in [0.3, 0.4) is 0 Å². The van der Waals surface area contributed by atoms with Crippen LogP contribution in [0.25, 0.3) is 0 Å². The predicted molar refractivity (Wildman–Crippen MR) is 75.1 cm³/mol. The monoisotopic (exact) mass is 290 g/mol. The highest BCUT2D eigenvalue weighted by molar-refractivity contribution is 6.03. The SMILES string of the molecule is COc1cc(OC)nc(NC(=O)c2ccc(NN)nc2)n1. The second kappa shape index (κ2) is 6.48. The molecular weight excluding hydrogens is 276 g/mol. The number of nitrogens with two attached hydrogens (primary N) is 1. The summed E-state index contributed by atoms with van der Waals surface area (Å²) in [5.74, 6) is 5.86. The molecule has 0 atom stereocenters. The van der Waals surface area contributed by atoms with Gasteiger partial charge in [-0.25, -0.2) is 10.8 Å². The van der Waals surface area contributed by atoms with Gasteiger partial charge in [0.15, 0.2) is 0 Å². The molecule has 0 saturated carbocycles. The van der Waals surface area contributed by atoms with Crippen molar-refractivity contribution >= 4 is 17.7 Å². The molecule has 0 radical (unpaired) electrons. The molecule has 21 heavy (non-hydrogen) atoms. The number of carbonyl (C=O) groups excluding carboxylic acids is 1. The summed E-state index contributed by atoms with van der Waals surface area (Å²) in [6, 6.07) is 4.63. The summed E-state index contributed by atoms with van der Waals surface area (Å²) in [5, 5.41) is 2.53. The zero-order valence-corrected chi connectivity index (χ0v) is 11.5. The maximum Gasteiger partial charge on any atom is 0.259 e. The molecule has 0 bridgehead atoms. The minimum Gasteiger partial charge on any atom is -0.481 e. The number of hydrogen-bond donors (Lipinski definition) is 3. The van der Waals surface area contributed by atoms with E-state index < -0.39 is 5.91 Å². The molecule has 4 N–H and O–H groups in total. The Morgan fingerprint density at radius 1 is 1.19 bits per heavy atom. The van der Waals surface area contributed by atoms with Gasteiger partial charge in [-0.2, -0.15) is 9.97 Å². The minimum atomic E-state index is -0.415. The first-order valence-corrected chi connectivity index (χ1v) is 5.87. The Hall–Kier alpha value is -2.94. The Morgan fingerprint density at radius 2 is 1.86 bits per heavy atom. The lowest BCUT2D eigenvalue weighted by atomic mass is 10.2. The Bertz CT molecular complexity index is 609. The normalized spacial score (nSPS) is 9.86. The number of pyridine rings is 1. The first kappa shape index (κ1) is 14.5. The lowest BCUT2D eigenvalue weighted by Crippen LogP contribution is -2.15. The van der Waals surface area contributed by atoms with Crippen molar-refractivity contribution in [2.24, 2.45) is 5.84 Å². The van der Waals surface area contributed by atoms with E-state index in [4.69, 9.17) is 15.3 Å². The number of hydrogen-bond acceptors (Lipinski definition) is 8. The van der Waals surface area contributed by atoms with Gasteiger partial charge in [0.1, 0.15) is 5.82 Å². The van der Waals surface area contributed by atoms with Gasteiger partial charge in [0.05, 0.1) is 25.8 Å². The summed E-state index contributed by atoms with van der Waals surface area (Å²) in [5.41, 5.74) is 2.71. The van der Waals surface area contributed by atoms with E-state index in [9.17, 15) is 4.79 Å². The third-order valence-corrected chi connectivity index (χ3v) is 2.50. The van der Waals surface area contributed by atoms with Crippen LogP contribution >= 0.6 is 0 Å². The smallest absolute Gasteiger partial charge is 0.259 e. The molecular formula is C12H14N6O3. The van der Waals surface area contributed by atoms with E-state index in [1.807, 2.05) is 0 Å². The third-order valence-electron chi connectivity index (χ3n) is 2.50. The summed E-state index contributed by atoms with van der Waals surface area (Å²) in [7, 11) is 2.91. The fourth-order valence-electron chi connectivity index (χ4n) is 1.46. The topological polar surface area (TPSA) is 124 Å². The number of methoxy groups -OCH3 is 2. The van der Waals surface area contributed by atoms with Crippen molar-refractivity contribution in [1.82, 2.24) is 15.0 Å². The van der Waals surface area contributed by atoms with Crippen LogP contribution in [0.5, 0.6) is 11.8 Å². The Labute approximate surface area is 120 Å². The highest BCUT2D eigenvalue weighted by Gasteiger charge is 2.11. The van der Waals surface area contributed by atoms with Crippen LogP contribution in [0, 0.1) is 0 Å². The van der Waals surface area contributed by atoms with E-state index in [-0.39, 0.29) is 17.7 Å². The molecule has 1 amide bonds. The molecule has 2 heterocycles. The number of aromatic nitrogens is 3. The van der Waals surface area contributed by atoms with Gasteiger partial charge < -0.3 is 14.9 Å². The number of rotatable bonds is 5. The van der Waals surface area contributed by atoms with Crippen molar-refractivity contribution in [3.63, 3.8) is 0 Å². The number of nitrogens with zero attached hydrogens (tertiary/aromatic N) is 3. The molecule has 0 aromatic carbocycles. The summed E-state index contributed by atoms with van der Waals surface area (Å²) in [4.78, 5) is 24.0. The van der Waals surface area contributed by atoms with Crippen LogP contribution < -0.4 is 26.1 Å². The van der Waals surface area contributed by atoms with Crippen LogP contribution in [-0.4, -0.2) is 35.1 Å². The molecule has 110 valence electrons. The zero-order chi connectivity index (χ0) is 15.2. The highest BCUT2D eigenvalue weighted by atomic mass is 16.5. The summed E-state index contributed by atoms with van der Waals surface area (Å²) < 4.78 is 10.00. The van der Waals surface area contributed by atoms with Gasteiger partial charge in [-0.3, -0.25) is 10.1 Å². The number of nitrogens with one attached hydrogen (secondary N) is 2. The van der Waals surface area contributed by atoms with Crippen LogP contribution in [-0.2, 0) is 0 Å². The van der Waals surface area contributed by atoms with E-state index >= 15 is 0 Å². The van der Waals surface area contributed by atoms with Crippen LogP contribution in [0.15, 0.2) is 24.4 Å². The molecule has 9 nitrogen and oxygen atoms in total. The summed E-state index contributed by atoms with van der Waals surface area (Å²) in [6.07, 6.45) is 1.38. The van der Waals surface area contributed by atoms with Gasteiger partial charge in [-0.05, 0) is 12.1 Å². The minimum absolute atomic E-state index is 0.0669. The molecule has 0 aliphatic heterocycles. The Morgan fingerprint density at radius 3 is 2.33 bits per heavy atom. The molecule has 2 aromatic heterocycles. The van der Waals surface area contributed by atoms with Crippen LogP contribution in [0.4, 0.5) is 11.8 Å². The highest BCUT2D eigenvalue weighted by Crippen LogP contribution is 2.17. The number of carbonyl (C=O) groups is 1. The second-order valence-electron chi connectivity index (χ2n) is 3.81. The van der Waals surface area contributed by atoms with Gasteiger partial charge in [-0.15, -0.1) is 0 Å². The molecule has 2 aromatic rings. The quantitative estimate of drug-likeness (QED) is 0.534. The lowest BCUT2D eigenvalue weighted by Gasteiger charge is -2.07. The average Bonchev–Trinajstić information content (AvgIpc) is 2.54. The molecule has 0 spiro atoms. The predicted octanol–water partition coefficient (Wildman–Crippen LogP) is 0.427. The van der Waals surface area contributed by atoms with Crippen molar-refractivity contribution in [3.05, 3.63) is 30.0 Å². The fourth-order valence-corrected chi connectivity index (χ4v) is 1.46. The molecule has 2 rings (SSSR count). The first-order chi connectivity index (χ1) is 10.2. The van der Waals surface area contributed by atoms with E-state index in [0.29, 0.717) is 11.4 Å². The number of ether oxygens (including phenoxy) is 2. The van der Waals surface area contributed by atoms with E-state index in [1.165, 1.54) is 26.5 Å². The van der Waals surface area contributed by atoms with Crippen molar-refractivity contribution < 1.29 is 14.3 Å². The maximum atomic E-state index is 12.0. The van der Waals surface area contributed by atoms with Crippen molar-refractivity contribution in [2.75, 3.05) is 25.0 Å². The number of hydrazine groups is 1. The van der Waals surface area contributed by atoms with Gasteiger partial charge in [0, 0.05) is 6.20 Å². The second-order valence-corrected chi connectivity index (χ2v) is 3.81. The Kier molecular flexibility index (Phi) is 4.46. The number of nitrogen functional groups attached to an aromatic ring is 1. The molecule has 0 saturated heterocycles. The molecule has 0 unspecified atom stereocenters. The fraction of sp³-hybridized carbons (Fsp3) is 0.167. The van der Waals surface area contributed by atoms with Crippen LogP contribution in [0.2, 0.25) is 0 Å². The van der Waals surface area contributed by atoms with E-state index in [0.717, 1.165) is 0 Å². The molecule has 0 fully saturated rings. The maximum absolute atomic E-state index is 12.0. The standard InChI is InChI=1S/C12H14N6O3/c1-20-9-5-10(21-2)16-12(15-9)17-11(19)7-3-4-8(18-13)14-6-7/h3-6H,13H2,1-2H3,(H,14,18)(H,15,16,17,19). The van der Waals surface area contributed by atoms with Crippen molar-refractivity contribution in [2.45, 2.75) is 0 Å². The average molecular weight is 290 g/mol. The molecule has 9 heteroatoms. The van der Waals surface area contributed by atoms with Crippen molar-refractivity contribution in [1.29, 1.82) is 0 Å². The summed E-state index contributed by atoms with van der Waals surface area (Å²) >= 11 is 0.